The highest BCUT2D eigenvalue weighted by atomic mass is 16.1. The molecule has 19 heavy (non-hydrogen) atoms. The predicted molar refractivity (Wildman–Crippen MR) is 75.1 cm³/mol. The van der Waals surface area contributed by atoms with Crippen molar-refractivity contribution in [3.8, 4) is 0 Å². The average Bonchev–Trinajstić information content (AvgIpc) is 2.71. The first kappa shape index (κ1) is 10.5. The van der Waals surface area contributed by atoms with Gasteiger partial charge in [-0.25, -0.2) is 0 Å². The number of benzene rings is 2. The van der Waals surface area contributed by atoms with E-state index in [1.807, 2.05) is 42.5 Å². The number of anilines is 1. The lowest BCUT2D eigenvalue weighted by Gasteiger charge is -2.10. The lowest BCUT2D eigenvalue weighted by atomic mass is 9.90. The van der Waals surface area contributed by atoms with E-state index in [0.29, 0.717) is 6.42 Å². The van der Waals surface area contributed by atoms with E-state index in [1.54, 1.807) is 0 Å². The maximum atomic E-state index is 12.0. The highest BCUT2D eigenvalue weighted by molar-refractivity contribution is 6.18. The van der Waals surface area contributed by atoms with Gasteiger partial charge in [0.2, 0.25) is 5.91 Å². The molecule has 4 rings (SSSR count). The number of hydrogen-bond acceptors (Lipinski definition) is 2. The van der Waals surface area contributed by atoms with E-state index < -0.39 is 0 Å². The molecule has 0 fully saturated rings. The summed E-state index contributed by atoms with van der Waals surface area (Å²) in [5.41, 5.74) is 5.06. The summed E-state index contributed by atoms with van der Waals surface area (Å²) in [6, 6.07) is 15.9. The third-order valence-corrected chi connectivity index (χ3v) is 3.75. The Labute approximate surface area is 111 Å². The molecule has 1 unspecified atom stereocenters. The standard InChI is InChI=1S/C16H12N2O/c19-15-9-12-10-5-1-3-7-13(10)18-16(12)11-6-2-4-8-14(11)17-15/h1-8,12H,9H2,(H,17,19). The molecule has 0 bridgehead atoms. The van der Waals surface area contributed by atoms with Gasteiger partial charge in [0.1, 0.15) is 0 Å². The maximum absolute atomic E-state index is 12.0. The number of nitrogens with zero attached hydrogens (tertiary/aromatic N) is 1. The molecule has 0 aliphatic carbocycles. The first-order valence-electron chi connectivity index (χ1n) is 6.40. The van der Waals surface area contributed by atoms with Crippen LogP contribution in [0.4, 0.5) is 11.4 Å². The van der Waals surface area contributed by atoms with Crippen LogP contribution in [0.5, 0.6) is 0 Å². The predicted octanol–water partition coefficient (Wildman–Crippen LogP) is 3.25. The summed E-state index contributed by atoms with van der Waals surface area (Å²) in [6.07, 6.45) is 0.463. The zero-order valence-corrected chi connectivity index (χ0v) is 10.3. The van der Waals surface area contributed by atoms with Gasteiger partial charge < -0.3 is 5.32 Å². The van der Waals surface area contributed by atoms with Gasteiger partial charge in [-0.15, -0.1) is 0 Å². The Bertz CT molecular complexity index is 718. The number of nitrogens with one attached hydrogen (secondary N) is 1. The van der Waals surface area contributed by atoms with E-state index in [1.165, 1.54) is 0 Å². The molecule has 1 atom stereocenters. The maximum Gasteiger partial charge on any atom is 0.225 e. The van der Waals surface area contributed by atoms with E-state index in [4.69, 9.17) is 4.99 Å². The van der Waals surface area contributed by atoms with Gasteiger partial charge in [0.15, 0.2) is 0 Å². The van der Waals surface area contributed by atoms with Crippen molar-refractivity contribution in [2.24, 2.45) is 4.99 Å². The molecule has 0 radical (unpaired) electrons. The van der Waals surface area contributed by atoms with Gasteiger partial charge in [-0.3, -0.25) is 9.79 Å². The summed E-state index contributed by atoms with van der Waals surface area (Å²) in [5, 5.41) is 2.96. The number of rotatable bonds is 0. The van der Waals surface area contributed by atoms with Gasteiger partial charge in [0.05, 0.1) is 11.4 Å². The Hall–Kier alpha value is -2.42. The van der Waals surface area contributed by atoms with Crippen molar-refractivity contribution in [2.75, 3.05) is 5.32 Å². The Kier molecular flexibility index (Phi) is 2.09. The summed E-state index contributed by atoms with van der Waals surface area (Å²) in [7, 11) is 0. The van der Waals surface area contributed by atoms with Crippen LogP contribution in [0, 0.1) is 0 Å². The summed E-state index contributed by atoms with van der Waals surface area (Å²) in [6.45, 7) is 0. The Morgan fingerprint density at radius 1 is 1.05 bits per heavy atom. The molecule has 92 valence electrons. The Morgan fingerprint density at radius 3 is 2.79 bits per heavy atom. The smallest absolute Gasteiger partial charge is 0.225 e. The highest BCUT2D eigenvalue weighted by Gasteiger charge is 2.33. The fraction of sp³-hybridized carbons (Fsp3) is 0.125. The van der Waals surface area contributed by atoms with Crippen molar-refractivity contribution < 1.29 is 4.79 Å². The van der Waals surface area contributed by atoms with Crippen molar-refractivity contribution >= 4 is 23.0 Å². The van der Waals surface area contributed by atoms with Gasteiger partial charge in [-0.05, 0) is 17.7 Å². The molecule has 0 spiro atoms. The number of fused-ring (bicyclic) bond motifs is 5. The summed E-state index contributed by atoms with van der Waals surface area (Å²) >= 11 is 0. The number of aliphatic imine (C=N–C) groups is 1. The third-order valence-electron chi connectivity index (χ3n) is 3.75. The van der Waals surface area contributed by atoms with Crippen LogP contribution in [0.1, 0.15) is 23.5 Å². The van der Waals surface area contributed by atoms with E-state index in [2.05, 4.69) is 11.4 Å². The first-order chi connectivity index (χ1) is 9.33. The minimum atomic E-state index is 0.0550. The molecular weight excluding hydrogens is 236 g/mol. The van der Waals surface area contributed by atoms with Gasteiger partial charge >= 0.3 is 0 Å². The molecule has 0 saturated carbocycles. The fourth-order valence-corrected chi connectivity index (χ4v) is 2.90. The summed E-state index contributed by atoms with van der Waals surface area (Å²) in [5.74, 6) is 0.138. The zero-order chi connectivity index (χ0) is 12.8. The summed E-state index contributed by atoms with van der Waals surface area (Å²) in [4.78, 5) is 16.8. The van der Waals surface area contributed by atoms with Crippen LogP contribution in [0.25, 0.3) is 0 Å². The second kappa shape index (κ2) is 3.79. The molecule has 1 amide bonds. The number of carbonyl (C=O) groups is 1. The van der Waals surface area contributed by atoms with Crippen molar-refractivity contribution in [1.29, 1.82) is 0 Å². The minimum absolute atomic E-state index is 0.0550. The molecule has 2 aromatic carbocycles. The Morgan fingerprint density at radius 2 is 1.84 bits per heavy atom. The van der Waals surface area contributed by atoms with Crippen molar-refractivity contribution in [1.82, 2.24) is 0 Å². The molecule has 0 aromatic heterocycles. The second-order valence-corrected chi connectivity index (χ2v) is 4.91. The Balaban J connectivity index is 1.96. The van der Waals surface area contributed by atoms with Crippen LogP contribution < -0.4 is 5.32 Å². The monoisotopic (exact) mass is 248 g/mol. The second-order valence-electron chi connectivity index (χ2n) is 4.91. The van der Waals surface area contributed by atoms with Crippen molar-refractivity contribution in [2.45, 2.75) is 12.3 Å². The van der Waals surface area contributed by atoms with E-state index in [9.17, 15) is 4.79 Å². The topological polar surface area (TPSA) is 41.5 Å². The molecule has 1 N–H and O–H groups in total. The first-order valence-corrected chi connectivity index (χ1v) is 6.40. The number of carbonyl (C=O) groups excluding carboxylic acids is 1. The quantitative estimate of drug-likeness (QED) is 0.764. The minimum Gasteiger partial charge on any atom is -0.325 e. The van der Waals surface area contributed by atoms with Gasteiger partial charge in [0, 0.05) is 23.6 Å². The molecule has 3 nitrogen and oxygen atoms in total. The van der Waals surface area contributed by atoms with E-state index in [0.717, 1.165) is 28.2 Å². The molecule has 2 heterocycles. The molecular formula is C16H12N2O. The van der Waals surface area contributed by atoms with Crippen LogP contribution >= 0.6 is 0 Å². The number of amides is 1. The van der Waals surface area contributed by atoms with Crippen LogP contribution in [0.15, 0.2) is 53.5 Å². The number of para-hydroxylation sites is 2. The molecule has 2 aromatic rings. The van der Waals surface area contributed by atoms with Crippen molar-refractivity contribution in [3.63, 3.8) is 0 Å². The van der Waals surface area contributed by atoms with E-state index >= 15 is 0 Å². The largest absolute Gasteiger partial charge is 0.325 e. The average molecular weight is 248 g/mol. The molecule has 2 aliphatic heterocycles. The van der Waals surface area contributed by atoms with Crippen molar-refractivity contribution in [3.05, 3.63) is 59.7 Å². The van der Waals surface area contributed by atoms with Gasteiger partial charge in [-0.2, -0.15) is 0 Å². The summed E-state index contributed by atoms with van der Waals surface area (Å²) < 4.78 is 0. The normalized spacial score (nSPS) is 19.7. The van der Waals surface area contributed by atoms with E-state index in [-0.39, 0.29) is 11.8 Å². The number of hydrogen-bond donors (Lipinski definition) is 1. The lowest BCUT2D eigenvalue weighted by molar-refractivity contribution is -0.116. The SMILES string of the molecule is O=C1CC2C(=Nc3ccccc32)c2ccccc2N1. The van der Waals surface area contributed by atoms with Crippen LogP contribution in [0.3, 0.4) is 0 Å². The van der Waals surface area contributed by atoms with Crippen LogP contribution in [-0.2, 0) is 4.79 Å². The molecule has 2 aliphatic rings. The van der Waals surface area contributed by atoms with Gasteiger partial charge in [-0.1, -0.05) is 36.4 Å². The van der Waals surface area contributed by atoms with Crippen LogP contribution in [-0.4, -0.2) is 11.6 Å². The fourth-order valence-electron chi connectivity index (χ4n) is 2.90. The van der Waals surface area contributed by atoms with Crippen LogP contribution in [0.2, 0.25) is 0 Å². The van der Waals surface area contributed by atoms with Gasteiger partial charge in [0.25, 0.3) is 0 Å². The highest BCUT2D eigenvalue weighted by Crippen LogP contribution is 2.42. The lowest BCUT2D eigenvalue weighted by Crippen LogP contribution is -2.13. The zero-order valence-electron chi connectivity index (χ0n) is 10.3. The molecule has 3 heteroatoms. The molecule has 0 saturated heterocycles. The third kappa shape index (κ3) is 1.51.